The van der Waals surface area contributed by atoms with Crippen LogP contribution in [0.4, 0.5) is 0 Å². The molecule has 1 fully saturated rings. The van der Waals surface area contributed by atoms with E-state index in [4.69, 9.17) is 0 Å². The normalized spacial score (nSPS) is 26.2. The first-order chi connectivity index (χ1) is 6.13. The average molecular weight is 247 g/mol. The number of halogens is 1. The van der Waals surface area contributed by atoms with Crippen LogP contribution in [0, 0.1) is 0 Å². The highest BCUT2D eigenvalue weighted by Crippen LogP contribution is 2.09. The fourth-order valence-electron chi connectivity index (χ4n) is 1.63. The van der Waals surface area contributed by atoms with Gasteiger partial charge in [-0.3, -0.25) is 4.90 Å². The lowest BCUT2D eigenvalue weighted by molar-refractivity contribution is 0.113. The Labute approximate surface area is 89.7 Å². The van der Waals surface area contributed by atoms with Crippen molar-refractivity contribution in [1.29, 1.82) is 0 Å². The molecule has 1 aliphatic heterocycles. The summed E-state index contributed by atoms with van der Waals surface area (Å²) in [5.74, 6) is 0. The summed E-state index contributed by atoms with van der Waals surface area (Å²) >= 11 is 3.43. The number of rotatable bonds is 3. The van der Waals surface area contributed by atoms with Crippen LogP contribution in [0.5, 0.6) is 0 Å². The minimum Gasteiger partial charge on any atom is -0.301 e. The second-order valence-corrected chi connectivity index (χ2v) is 4.51. The molecule has 0 aromatic heterocycles. The van der Waals surface area contributed by atoms with Crippen molar-refractivity contribution in [3.05, 3.63) is 12.2 Å². The van der Waals surface area contributed by atoms with Crippen LogP contribution in [0.25, 0.3) is 0 Å². The van der Waals surface area contributed by atoms with Crippen molar-refractivity contribution in [3.63, 3.8) is 0 Å². The van der Waals surface area contributed by atoms with Gasteiger partial charge in [-0.15, -0.1) is 0 Å². The van der Waals surface area contributed by atoms with Crippen LogP contribution in [0.15, 0.2) is 12.2 Å². The first-order valence-electron chi connectivity index (χ1n) is 4.78. The van der Waals surface area contributed by atoms with E-state index in [0.717, 1.165) is 11.9 Å². The van der Waals surface area contributed by atoms with Gasteiger partial charge in [-0.25, -0.2) is 0 Å². The van der Waals surface area contributed by atoms with Gasteiger partial charge >= 0.3 is 0 Å². The van der Waals surface area contributed by atoms with E-state index < -0.39 is 0 Å². The van der Waals surface area contributed by atoms with Gasteiger partial charge in [0.25, 0.3) is 0 Å². The molecule has 76 valence electrons. The maximum atomic E-state index is 4.01. The fourth-order valence-corrected chi connectivity index (χ4v) is 1.80. The third-order valence-corrected chi connectivity index (χ3v) is 3.47. The number of nitrogens with zero attached hydrogens (tertiary/aromatic N) is 2. The van der Waals surface area contributed by atoms with E-state index in [1.807, 2.05) is 0 Å². The van der Waals surface area contributed by atoms with E-state index in [-0.39, 0.29) is 0 Å². The first kappa shape index (κ1) is 11.2. The molecular weight excluding hydrogens is 228 g/mol. The minimum absolute atomic E-state index is 0.678. The summed E-state index contributed by atoms with van der Waals surface area (Å²) in [6, 6.07) is 0.678. The summed E-state index contributed by atoms with van der Waals surface area (Å²) in [6.07, 6.45) is 0. The molecular formula is C10H19BrN2. The van der Waals surface area contributed by atoms with E-state index in [0.29, 0.717) is 6.04 Å². The summed E-state index contributed by atoms with van der Waals surface area (Å²) in [6.45, 7) is 10.9. The lowest BCUT2D eigenvalue weighted by atomic mass is 10.2. The zero-order valence-electron chi connectivity index (χ0n) is 8.59. The molecule has 1 atom stereocenters. The monoisotopic (exact) mass is 246 g/mol. The SMILES string of the molecule is C=C(CBr)CN1CCN(C)C(C)C1. The number of hydrogen-bond donors (Lipinski definition) is 0. The largest absolute Gasteiger partial charge is 0.301 e. The molecule has 13 heavy (non-hydrogen) atoms. The Hall–Kier alpha value is 0.140. The molecule has 0 aliphatic carbocycles. The molecule has 0 amide bonds. The van der Waals surface area contributed by atoms with Crippen molar-refractivity contribution < 1.29 is 0 Å². The van der Waals surface area contributed by atoms with Gasteiger partial charge in [0, 0.05) is 37.6 Å². The molecule has 0 aromatic rings. The summed E-state index contributed by atoms with van der Waals surface area (Å²) in [4.78, 5) is 4.89. The molecule has 1 aliphatic rings. The van der Waals surface area contributed by atoms with E-state index in [1.54, 1.807) is 0 Å². The van der Waals surface area contributed by atoms with Crippen molar-refractivity contribution in [2.45, 2.75) is 13.0 Å². The summed E-state index contributed by atoms with van der Waals surface area (Å²) in [5.41, 5.74) is 1.27. The van der Waals surface area contributed by atoms with E-state index in [1.165, 1.54) is 25.2 Å². The molecule has 1 saturated heterocycles. The quantitative estimate of drug-likeness (QED) is 0.552. The molecule has 3 heteroatoms. The summed E-state index contributed by atoms with van der Waals surface area (Å²) < 4.78 is 0. The molecule has 0 saturated carbocycles. The van der Waals surface area contributed by atoms with Crippen LogP contribution in [-0.4, -0.2) is 54.4 Å². The molecule has 0 spiro atoms. The zero-order chi connectivity index (χ0) is 9.84. The number of likely N-dealkylation sites (N-methyl/N-ethyl adjacent to an activating group) is 1. The van der Waals surface area contributed by atoms with E-state index in [2.05, 4.69) is 46.3 Å². The van der Waals surface area contributed by atoms with Gasteiger partial charge in [-0.1, -0.05) is 28.1 Å². The Morgan fingerprint density at radius 2 is 2.23 bits per heavy atom. The van der Waals surface area contributed by atoms with Crippen molar-refractivity contribution in [1.82, 2.24) is 9.80 Å². The molecule has 1 rings (SSSR count). The Morgan fingerprint density at radius 1 is 1.54 bits per heavy atom. The third kappa shape index (κ3) is 3.41. The van der Waals surface area contributed by atoms with Crippen molar-refractivity contribution in [2.75, 3.05) is 38.6 Å². The maximum absolute atomic E-state index is 4.01. The number of piperazine rings is 1. The van der Waals surface area contributed by atoms with E-state index in [9.17, 15) is 0 Å². The highest BCUT2D eigenvalue weighted by molar-refractivity contribution is 9.09. The Balaban J connectivity index is 2.33. The Bertz CT molecular complexity index is 182. The third-order valence-electron chi connectivity index (χ3n) is 2.68. The van der Waals surface area contributed by atoms with Gasteiger partial charge < -0.3 is 4.90 Å². The summed E-state index contributed by atoms with van der Waals surface area (Å²) in [7, 11) is 2.20. The van der Waals surface area contributed by atoms with Gasteiger partial charge in [0.05, 0.1) is 0 Å². The van der Waals surface area contributed by atoms with Crippen LogP contribution in [0.3, 0.4) is 0 Å². The Morgan fingerprint density at radius 3 is 2.77 bits per heavy atom. The summed E-state index contributed by atoms with van der Waals surface area (Å²) in [5, 5.41) is 0.924. The van der Waals surface area contributed by atoms with Gasteiger partial charge in [-0.2, -0.15) is 0 Å². The number of hydrogen-bond acceptors (Lipinski definition) is 2. The van der Waals surface area contributed by atoms with Crippen LogP contribution in [-0.2, 0) is 0 Å². The predicted octanol–water partition coefficient (Wildman–Crippen LogP) is 1.57. The van der Waals surface area contributed by atoms with Crippen LogP contribution in [0.2, 0.25) is 0 Å². The molecule has 1 heterocycles. The molecule has 0 N–H and O–H groups in total. The Kier molecular flexibility index (Phi) is 4.42. The highest BCUT2D eigenvalue weighted by Gasteiger charge is 2.20. The van der Waals surface area contributed by atoms with E-state index >= 15 is 0 Å². The number of alkyl halides is 1. The smallest absolute Gasteiger partial charge is 0.0251 e. The first-order valence-corrected chi connectivity index (χ1v) is 5.91. The molecule has 0 bridgehead atoms. The van der Waals surface area contributed by atoms with Gasteiger partial charge in [0.2, 0.25) is 0 Å². The average Bonchev–Trinajstić information content (AvgIpc) is 2.11. The molecule has 0 radical (unpaired) electrons. The fraction of sp³-hybridized carbons (Fsp3) is 0.800. The van der Waals surface area contributed by atoms with Crippen molar-refractivity contribution in [2.24, 2.45) is 0 Å². The molecule has 0 aromatic carbocycles. The highest BCUT2D eigenvalue weighted by atomic mass is 79.9. The maximum Gasteiger partial charge on any atom is 0.0251 e. The van der Waals surface area contributed by atoms with Crippen LogP contribution < -0.4 is 0 Å². The van der Waals surface area contributed by atoms with Crippen molar-refractivity contribution >= 4 is 15.9 Å². The topological polar surface area (TPSA) is 6.48 Å². The lowest BCUT2D eigenvalue weighted by Crippen LogP contribution is -2.50. The van der Waals surface area contributed by atoms with Gasteiger partial charge in [-0.05, 0) is 14.0 Å². The zero-order valence-corrected chi connectivity index (χ0v) is 10.2. The van der Waals surface area contributed by atoms with Gasteiger partial charge in [0.15, 0.2) is 0 Å². The predicted molar refractivity (Wildman–Crippen MR) is 61.5 cm³/mol. The van der Waals surface area contributed by atoms with Crippen LogP contribution in [0.1, 0.15) is 6.92 Å². The second kappa shape index (κ2) is 5.13. The minimum atomic E-state index is 0.678. The second-order valence-electron chi connectivity index (χ2n) is 3.95. The molecule has 1 unspecified atom stereocenters. The van der Waals surface area contributed by atoms with Crippen molar-refractivity contribution in [3.8, 4) is 0 Å². The molecule has 2 nitrogen and oxygen atoms in total. The van der Waals surface area contributed by atoms with Crippen LogP contribution >= 0.6 is 15.9 Å². The lowest BCUT2D eigenvalue weighted by Gasteiger charge is -2.37. The standard InChI is InChI=1S/C10H19BrN2/c1-9(6-11)7-13-5-4-12(3)10(2)8-13/h10H,1,4-8H2,2-3H3. The van der Waals surface area contributed by atoms with Gasteiger partial charge in [0.1, 0.15) is 0 Å².